The Hall–Kier alpha value is -1.93. The molecule has 1 heterocycles. The first-order valence-corrected chi connectivity index (χ1v) is 5.47. The molecule has 0 atom stereocenters. The summed E-state index contributed by atoms with van der Waals surface area (Å²) in [7, 11) is 0. The average molecular weight is 298 g/mol. The molecule has 1 rings (SSSR count). The number of hydrogen-bond donors (Lipinski definition) is 1. The van der Waals surface area contributed by atoms with E-state index in [1.165, 1.54) is 6.92 Å². The highest BCUT2D eigenvalue weighted by Crippen LogP contribution is 2.35. The van der Waals surface area contributed by atoms with Crippen molar-refractivity contribution in [1.82, 2.24) is 4.98 Å². The summed E-state index contributed by atoms with van der Waals surface area (Å²) in [6, 6.07) is 0.620. The topological polar surface area (TPSA) is 65.2 Å². The summed E-state index contributed by atoms with van der Waals surface area (Å²) in [5.74, 6) is -0.948. The quantitative estimate of drug-likeness (QED) is 0.685. The zero-order valence-corrected chi connectivity index (χ0v) is 10.3. The van der Waals surface area contributed by atoms with Crippen LogP contribution < -0.4 is 5.73 Å². The third-order valence-corrected chi connectivity index (χ3v) is 2.30. The highest BCUT2D eigenvalue weighted by Gasteiger charge is 2.38. The van der Waals surface area contributed by atoms with Gasteiger partial charge in [-0.15, -0.1) is 0 Å². The molecule has 20 heavy (non-hydrogen) atoms. The number of carbonyl (C=O) groups is 1. The highest BCUT2D eigenvalue weighted by molar-refractivity contribution is 5.75. The number of anilines is 1. The van der Waals surface area contributed by atoms with Gasteiger partial charge in [0.15, 0.2) is 5.69 Å². The van der Waals surface area contributed by atoms with Gasteiger partial charge < -0.3 is 10.5 Å². The van der Waals surface area contributed by atoms with E-state index in [-0.39, 0.29) is 6.61 Å². The molecule has 0 aliphatic heterocycles. The van der Waals surface area contributed by atoms with Gasteiger partial charge in [-0.2, -0.15) is 13.2 Å². The predicted molar refractivity (Wildman–Crippen MR) is 58.9 cm³/mol. The third kappa shape index (κ3) is 3.78. The molecule has 0 aliphatic rings. The Bertz CT molecular complexity index is 502. The average Bonchev–Trinajstić information content (AvgIpc) is 2.29. The minimum absolute atomic E-state index is 0.0252. The zero-order valence-electron chi connectivity index (χ0n) is 10.3. The monoisotopic (exact) mass is 298 g/mol. The number of carbonyl (C=O) groups excluding carboxylic acids is 1. The van der Waals surface area contributed by atoms with Crippen molar-refractivity contribution in [3.63, 3.8) is 0 Å². The van der Waals surface area contributed by atoms with Gasteiger partial charge in [0, 0.05) is 11.3 Å². The summed E-state index contributed by atoms with van der Waals surface area (Å²) in [4.78, 5) is 14.1. The van der Waals surface area contributed by atoms with Crippen molar-refractivity contribution in [2.75, 3.05) is 12.3 Å². The number of pyridine rings is 1. The van der Waals surface area contributed by atoms with Crippen LogP contribution >= 0.6 is 0 Å². The van der Waals surface area contributed by atoms with Gasteiger partial charge in [-0.1, -0.05) is 0 Å². The normalized spacial score (nSPS) is 11.8. The molecule has 112 valence electrons. The lowest BCUT2D eigenvalue weighted by molar-refractivity contribution is -0.144. The van der Waals surface area contributed by atoms with Gasteiger partial charge in [0.25, 0.3) is 6.43 Å². The van der Waals surface area contributed by atoms with Crippen molar-refractivity contribution in [2.45, 2.75) is 25.9 Å². The molecular weight excluding hydrogens is 287 g/mol. The maximum Gasteiger partial charge on any atom is 0.433 e. The molecular formula is C11H11F5N2O2. The first-order chi connectivity index (χ1) is 9.16. The van der Waals surface area contributed by atoms with Crippen LogP contribution in [0.25, 0.3) is 0 Å². The van der Waals surface area contributed by atoms with Crippen LogP contribution in [-0.2, 0) is 22.1 Å². The number of ether oxygens (including phenoxy) is 1. The van der Waals surface area contributed by atoms with Crippen LogP contribution in [0.15, 0.2) is 6.07 Å². The molecule has 0 radical (unpaired) electrons. The van der Waals surface area contributed by atoms with Crippen molar-refractivity contribution >= 4 is 11.7 Å². The predicted octanol–water partition coefficient (Wildman–Crippen LogP) is 2.73. The van der Waals surface area contributed by atoms with E-state index in [0.717, 1.165) is 0 Å². The van der Waals surface area contributed by atoms with Crippen molar-refractivity contribution in [1.29, 1.82) is 0 Å². The van der Waals surface area contributed by atoms with E-state index in [4.69, 9.17) is 5.73 Å². The second-order valence-corrected chi connectivity index (χ2v) is 3.74. The van der Waals surface area contributed by atoms with Gasteiger partial charge in [0.1, 0.15) is 5.69 Å². The van der Waals surface area contributed by atoms with Crippen LogP contribution in [0.5, 0.6) is 0 Å². The molecule has 9 heteroatoms. The number of rotatable bonds is 4. The summed E-state index contributed by atoms with van der Waals surface area (Å²) < 4.78 is 67.8. The Labute approximate surface area is 110 Å². The Morgan fingerprint density at radius 3 is 2.50 bits per heavy atom. The lowest BCUT2D eigenvalue weighted by Crippen LogP contribution is -2.19. The van der Waals surface area contributed by atoms with Crippen LogP contribution in [0.2, 0.25) is 0 Å². The lowest BCUT2D eigenvalue weighted by Gasteiger charge is -2.15. The van der Waals surface area contributed by atoms with E-state index in [9.17, 15) is 26.7 Å². The molecule has 0 fully saturated rings. The Morgan fingerprint density at radius 2 is 2.05 bits per heavy atom. The minimum Gasteiger partial charge on any atom is -0.466 e. The van der Waals surface area contributed by atoms with E-state index in [2.05, 4.69) is 9.72 Å². The van der Waals surface area contributed by atoms with Crippen LogP contribution in [0.1, 0.15) is 30.3 Å². The lowest BCUT2D eigenvalue weighted by atomic mass is 10.1. The van der Waals surface area contributed by atoms with Crippen LogP contribution in [-0.4, -0.2) is 17.6 Å². The number of halogens is 5. The Kier molecular flexibility index (Phi) is 4.85. The van der Waals surface area contributed by atoms with Crippen molar-refractivity contribution in [3.05, 3.63) is 23.0 Å². The Morgan fingerprint density at radius 1 is 1.45 bits per heavy atom. The second kappa shape index (κ2) is 6.02. The number of nitrogen functional groups attached to an aromatic ring is 1. The SMILES string of the molecule is CCOC(=O)Cc1c(N)cc(C(F)F)nc1C(F)(F)F. The van der Waals surface area contributed by atoms with Crippen molar-refractivity contribution in [2.24, 2.45) is 0 Å². The summed E-state index contributed by atoms with van der Waals surface area (Å²) in [6.45, 7) is 1.45. The fourth-order valence-electron chi connectivity index (χ4n) is 1.50. The molecule has 0 saturated heterocycles. The van der Waals surface area contributed by atoms with Crippen molar-refractivity contribution in [3.8, 4) is 0 Å². The zero-order chi connectivity index (χ0) is 15.5. The van der Waals surface area contributed by atoms with Gasteiger partial charge in [-0.3, -0.25) is 4.79 Å². The summed E-state index contributed by atoms with van der Waals surface area (Å²) in [5.41, 5.74) is 1.39. The summed E-state index contributed by atoms with van der Waals surface area (Å²) in [5, 5.41) is 0. The molecule has 0 aromatic carbocycles. The first-order valence-electron chi connectivity index (χ1n) is 5.47. The summed E-state index contributed by atoms with van der Waals surface area (Å²) in [6.07, 6.45) is -8.98. The smallest absolute Gasteiger partial charge is 0.433 e. The summed E-state index contributed by atoms with van der Waals surface area (Å²) >= 11 is 0. The molecule has 0 unspecified atom stereocenters. The molecule has 1 aromatic rings. The largest absolute Gasteiger partial charge is 0.466 e. The first kappa shape index (κ1) is 16.1. The molecule has 4 nitrogen and oxygen atoms in total. The fraction of sp³-hybridized carbons (Fsp3) is 0.455. The molecule has 2 N–H and O–H groups in total. The van der Waals surface area contributed by atoms with E-state index in [1.54, 1.807) is 0 Å². The van der Waals surface area contributed by atoms with Gasteiger partial charge in [0.2, 0.25) is 0 Å². The number of aromatic nitrogens is 1. The second-order valence-electron chi connectivity index (χ2n) is 3.74. The number of esters is 1. The molecule has 0 bridgehead atoms. The van der Waals surface area contributed by atoms with Gasteiger partial charge in [-0.25, -0.2) is 13.8 Å². The van der Waals surface area contributed by atoms with Crippen LogP contribution in [0.4, 0.5) is 27.6 Å². The van der Waals surface area contributed by atoms with Crippen LogP contribution in [0.3, 0.4) is 0 Å². The maximum atomic E-state index is 12.8. The third-order valence-electron chi connectivity index (χ3n) is 2.30. The van der Waals surface area contributed by atoms with Crippen LogP contribution in [0, 0.1) is 0 Å². The minimum atomic E-state index is -5.00. The fourth-order valence-corrected chi connectivity index (χ4v) is 1.50. The number of nitrogens with two attached hydrogens (primary N) is 1. The molecule has 0 spiro atoms. The van der Waals surface area contributed by atoms with E-state index in [0.29, 0.717) is 6.07 Å². The highest BCUT2D eigenvalue weighted by atomic mass is 19.4. The Balaban J connectivity index is 3.31. The van der Waals surface area contributed by atoms with Crippen molar-refractivity contribution < 1.29 is 31.5 Å². The number of nitrogens with zero attached hydrogens (tertiary/aromatic N) is 1. The van der Waals surface area contributed by atoms with E-state index < -0.39 is 47.6 Å². The molecule has 0 aliphatic carbocycles. The number of alkyl halides is 5. The standard InChI is InChI=1S/C11H11F5N2O2/c1-2-20-8(19)3-5-6(17)4-7(10(12)13)18-9(5)11(14,15)16/h4,10H,2-3H2,1H3,(H2,17,18). The van der Waals surface area contributed by atoms with E-state index >= 15 is 0 Å². The van der Waals surface area contributed by atoms with E-state index in [1.807, 2.05) is 0 Å². The molecule has 0 amide bonds. The molecule has 1 aromatic heterocycles. The van der Waals surface area contributed by atoms with Gasteiger partial charge in [-0.05, 0) is 13.0 Å². The number of hydrogen-bond acceptors (Lipinski definition) is 4. The molecule has 0 saturated carbocycles. The maximum absolute atomic E-state index is 12.8. The van der Waals surface area contributed by atoms with Gasteiger partial charge in [0.05, 0.1) is 13.0 Å². The van der Waals surface area contributed by atoms with Gasteiger partial charge >= 0.3 is 12.1 Å².